The second-order valence-electron chi connectivity index (χ2n) is 6.73. The lowest BCUT2D eigenvalue weighted by atomic mass is 9.96. The molecule has 3 aromatic carbocycles. The number of aryl methyl sites for hydroxylation is 1. The van der Waals surface area contributed by atoms with Gasteiger partial charge in [0.05, 0.1) is 13.1 Å². The van der Waals surface area contributed by atoms with Crippen LogP contribution in [0.15, 0.2) is 67.2 Å². The first-order valence-electron chi connectivity index (χ1n) is 9.00. The highest BCUT2D eigenvalue weighted by Crippen LogP contribution is 2.30. The third-order valence-electron chi connectivity index (χ3n) is 4.69. The van der Waals surface area contributed by atoms with Gasteiger partial charge in [-0.05, 0) is 57.8 Å². The molecule has 0 aliphatic rings. The Morgan fingerprint density at radius 2 is 1.89 bits per heavy atom. The van der Waals surface area contributed by atoms with Gasteiger partial charge in [0, 0.05) is 5.70 Å². The summed E-state index contributed by atoms with van der Waals surface area (Å²) in [5.74, 6) is 0.378. The van der Waals surface area contributed by atoms with E-state index in [1.165, 1.54) is 16.9 Å². The SMILES string of the molecule is C=C(N[C@H](C)c1nnn(C)n1)c1ccc2c(-c3ccc(F)cc3)cccc2c1. The van der Waals surface area contributed by atoms with Crippen LogP contribution < -0.4 is 5.32 Å². The summed E-state index contributed by atoms with van der Waals surface area (Å²) in [7, 11) is 1.74. The molecule has 0 bridgehead atoms. The lowest BCUT2D eigenvalue weighted by Crippen LogP contribution is -2.18. The highest BCUT2D eigenvalue weighted by Gasteiger charge is 2.13. The van der Waals surface area contributed by atoms with E-state index in [4.69, 9.17) is 0 Å². The topological polar surface area (TPSA) is 55.6 Å². The van der Waals surface area contributed by atoms with Crippen LogP contribution in [0.4, 0.5) is 4.39 Å². The van der Waals surface area contributed by atoms with Gasteiger partial charge in [-0.3, -0.25) is 0 Å². The first kappa shape index (κ1) is 17.9. The van der Waals surface area contributed by atoms with E-state index in [9.17, 15) is 4.39 Å². The van der Waals surface area contributed by atoms with Crippen molar-refractivity contribution in [3.8, 4) is 11.1 Å². The highest BCUT2D eigenvalue weighted by molar-refractivity contribution is 5.98. The number of halogens is 1. The summed E-state index contributed by atoms with van der Waals surface area (Å²) in [4.78, 5) is 1.43. The summed E-state index contributed by atoms with van der Waals surface area (Å²) in [6, 6.07) is 18.8. The number of hydrogen-bond donors (Lipinski definition) is 1. The molecule has 0 unspecified atom stereocenters. The lowest BCUT2D eigenvalue weighted by Gasteiger charge is -2.15. The van der Waals surface area contributed by atoms with Gasteiger partial charge in [0.2, 0.25) is 0 Å². The second-order valence-corrected chi connectivity index (χ2v) is 6.73. The summed E-state index contributed by atoms with van der Waals surface area (Å²) in [6.45, 7) is 6.13. The molecule has 4 aromatic rings. The van der Waals surface area contributed by atoms with E-state index in [0.717, 1.165) is 33.2 Å². The Balaban J connectivity index is 1.63. The molecule has 0 radical (unpaired) electrons. The van der Waals surface area contributed by atoms with Gasteiger partial charge in [0.25, 0.3) is 0 Å². The molecule has 0 saturated heterocycles. The Hall–Kier alpha value is -3.54. The van der Waals surface area contributed by atoms with Crippen LogP contribution in [0, 0.1) is 5.82 Å². The van der Waals surface area contributed by atoms with E-state index in [2.05, 4.69) is 45.5 Å². The van der Waals surface area contributed by atoms with Crippen molar-refractivity contribution in [1.29, 1.82) is 0 Å². The summed E-state index contributed by atoms with van der Waals surface area (Å²) in [6.07, 6.45) is 0. The van der Waals surface area contributed by atoms with Crippen molar-refractivity contribution in [3.63, 3.8) is 0 Å². The molecule has 0 aliphatic carbocycles. The molecule has 6 heteroatoms. The largest absolute Gasteiger partial charge is 0.375 e. The standard InChI is InChI=1S/C22H20FN5/c1-14(24-15(2)22-25-27-28(3)26-22)17-9-12-21-18(13-17)5-4-6-20(21)16-7-10-19(23)11-8-16/h4-13,15,24H,1H2,2-3H3/t15-/m1/s1. The van der Waals surface area contributed by atoms with Crippen LogP contribution in [0.5, 0.6) is 0 Å². The normalized spacial score (nSPS) is 12.1. The summed E-state index contributed by atoms with van der Waals surface area (Å²) >= 11 is 0. The fourth-order valence-electron chi connectivity index (χ4n) is 3.23. The minimum absolute atomic E-state index is 0.109. The zero-order chi connectivity index (χ0) is 19.7. The van der Waals surface area contributed by atoms with Gasteiger partial charge in [-0.25, -0.2) is 4.39 Å². The number of aromatic nitrogens is 4. The van der Waals surface area contributed by atoms with Crippen LogP contribution >= 0.6 is 0 Å². The van der Waals surface area contributed by atoms with Gasteiger partial charge < -0.3 is 5.32 Å². The third-order valence-corrected chi connectivity index (χ3v) is 4.69. The maximum atomic E-state index is 13.3. The minimum atomic E-state index is -0.236. The molecule has 4 rings (SSSR count). The molecule has 28 heavy (non-hydrogen) atoms. The van der Waals surface area contributed by atoms with Gasteiger partial charge in [0.15, 0.2) is 5.82 Å². The fourth-order valence-corrected chi connectivity index (χ4v) is 3.23. The predicted octanol–water partition coefficient (Wildman–Crippen LogP) is 4.49. The average molecular weight is 373 g/mol. The molecule has 1 N–H and O–H groups in total. The number of benzene rings is 3. The zero-order valence-electron chi connectivity index (χ0n) is 15.7. The number of nitrogens with zero attached hydrogens (tertiary/aromatic N) is 4. The Morgan fingerprint density at radius 3 is 2.61 bits per heavy atom. The summed E-state index contributed by atoms with van der Waals surface area (Å²) in [5.41, 5.74) is 3.83. The Morgan fingerprint density at radius 1 is 1.11 bits per heavy atom. The molecule has 0 fully saturated rings. The summed E-state index contributed by atoms with van der Waals surface area (Å²) in [5, 5.41) is 17.6. The Labute approximate surface area is 162 Å². The van der Waals surface area contributed by atoms with Crippen LogP contribution in [-0.2, 0) is 7.05 Å². The maximum Gasteiger partial charge on any atom is 0.196 e. The molecule has 0 spiro atoms. The Bertz CT molecular complexity index is 1150. The van der Waals surface area contributed by atoms with Crippen molar-refractivity contribution < 1.29 is 4.39 Å². The van der Waals surface area contributed by atoms with Crippen molar-refractivity contribution in [3.05, 3.63) is 84.4 Å². The van der Waals surface area contributed by atoms with Crippen LogP contribution in [-0.4, -0.2) is 20.2 Å². The lowest BCUT2D eigenvalue weighted by molar-refractivity contribution is 0.612. The average Bonchev–Trinajstić information content (AvgIpc) is 3.14. The number of tetrazole rings is 1. The molecular formula is C22H20FN5. The maximum absolute atomic E-state index is 13.3. The predicted molar refractivity (Wildman–Crippen MR) is 109 cm³/mol. The van der Waals surface area contributed by atoms with Gasteiger partial charge in [0.1, 0.15) is 5.82 Å². The Kier molecular flexibility index (Phi) is 4.61. The number of rotatable bonds is 5. The molecule has 1 heterocycles. The van der Waals surface area contributed by atoms with Crippen LogP contribution in [0.3, 0.4) is 0 Å². The monoisotopic (exact) mass is 373 g/mol. The van der Waals surface area contributed by atoms with E-state index in [0.29, 0.717) is 5.82 Å². The fraction of sp³-hybridized carbons (Fsp3) is 0.136. The number of fused-ring (bicyclic) bond motifs is 1. The summed E-state index contributed by atoms with van der Waals surface area (Å²) < 4.78 is 13.3. The molecule has 0 amide bonds. The quantitative estimate of drug-likeness (QED) is 0.560. The zero-order valence-corrected chi connectivity index (χ0v) is 15.7. The second kappa shape index (κ2) is 7.23. The van der Waals surface area contributed by atoms with Crippen molar-refractivity contribution in [2.75, 3.05) is 0 Å². The number of hydrogen-bond acceptors (Lipinski definition) is 4. The third kappa shape index (κ3) is 3.49. The molecule has 0 saturated carbocycles. The minimum Gasteiger partial charge on any atom is -0.375 e. The van der Waals surface area contributed by atoms with E-state index < -0.39 is 0 Å². The molecule has 1 aromatic heterocycles. The van der Waals surface area contributed by atoms with Crippen LogP contribution in [0.1, 0.15) is 24.4 Å². The molecule has 5 nitrogen and oxygen atoms in total. The van der Waals surface area contributed by atoms with E-state index in [1.807, 2.05) is 25.1 Å². The van der Waals surface area contributed by atoms with E-state index in [1.54, 1.807) is 19.2 Å². The molecule has 0 aliphatic heterocycles. The van der Waals surface area contributed by atoms with Crippen LogP contribution in [0.25, 0.3) is 27.6 Å². The van der Waals surface area contributed by atoms with Crippen LogP contribution in [0.2, 0.25) is 0 Å². The van der Waals surface area contributed by atoms with Gasteiger partial charge in [-0.2, -0.15) is 4.80 Å². The van der Waals surface area contributed by atoms with Crippen molar-refractivity contribution in [2.45, 2.75) is 13.0 Å². The van der Waals surface area contributed by atoms with Gasteiger partial charge in [-0.1, -0.05) is 49.0 Å². The van der Waals surface area contributed by atoms with Crippen molar-refractivity contribution in [2.24, 2.45) is 7.05 Å². The van der Waals surface area contributed by atoms with Gasteiger partial charge >= 0.3 is 0 Å². The first-order chi connectivity index (χ1) is 13.5. The van der Waals surface area contributed by atoms with E-state index >= 15 is 0 Å². The molecule has 1 atom stereocenters. The van der Waals surface area contributed by atoms with Crippen molar-refractivity contribution in [1.82, 2.24) is 25.5 Å². The van der Waals surface area contributed by atoms with Gasteiger partial charge in [-0.15, -0.1) is 10.2 Å². The first-order valence-corrected chi connectivity index (χ1v) is 9.00. The molecule has 140 valence electrons. The number of nitrogens with one attached hydrogen (secondary N) is 1. The van der Waals surface area contributed by atoms with Crippen molar-refractivity contribution >= 4 is 16.5 Å². The van der Waals surface area contributed by atoms with E-state index in [-0.39, 0.29) is 11.9 Å². The highest BCUT2D eigenvalue weighted by atomic mass is 19.1. The molecular weight excluding hydrogens is 353 g/mol. The smallest absolute Gasteiger partial charge is 0.196 e.